The second-order valence-corrected chi connectivity index (χ2v) is 5.63. The van der Waals surface area contributed by atoms with Crippen LogP contribution in [0.15, 0.2) is 23.8 Å². The molecule has 0 heterocycles. The summed E-state index contributed by atoms with van der Waals surface area (Å²) in [5.74, 6) is 0.824. The third-order valence-electron chi connectivity index (χ3n) is 4.28. The lowest BCUT2D eigenvalue weighted by molar-refractivity contribution is -0.134. The molecular formula is C15H24O2. The topological polar surface area (TPSA) is 26.3 Å². The van der Waals surface area contributed by atoms with Crippen molar-refractivity contribution in [1.82, 2.24) is 0 Å². The van der Waals surface area contributed by atoms with Gasteiger partial charge in [-0.1, -0.05) is 44.6 Å². The lowest BCUT2D eigenvalue weighted by Crippen LogP contribution is -2.20. The number of hydrogen-bond acceptors (Lipinski definition) is 2. The Bertz CT molecular complexity index is 326. The van der Waals surface area contributed by atoms with Crippen LogP contribution in [0.3, 0.4) is 0 Å². The second kappa shape index (κ2) is 5.52. The minimum Gasteiger partial charge on any atom is -0.464 e. The SMILES string of the molecule is CC1=CCC(C=CC(C)C(C)OC=O)C1(C)C. The van der Waals surface area contributed by atoms with E-state index in [0.29, 0.717) is 12.4 Å². The van der Waals surface area contributed by atoms with Crippen LogP contribution in [0.2, 0.25) is 0 Å². The van der Waals surface area contributed by atoms with Gasteiger partial charge in [0.25, 0.3) is 6.47 Å². The Balaban J connectivity index is 2.58. The van der Waals surface area contributed by atoms with E-state index in [1.165, 1.54) is 5.57 Å². The molecule has 0 aromatic carbocycles. The first-order valence-corrected chi connectivity index (χ1v) is 6.34. The summed E-state index contributed by atoms with van der Waals surface area (Å²) >= 11 is 0. The monoisotopic (exact) mass is 236 g/mol. The number of carbonyl (C=O) groups is 1. The Labute approximate surface area is 105 Å². The third-order valence-corrected chi connectivity index (χ3v) is 4.28. The zero-order valence-corrected chi connectivity index (χ0v) is 11.6. The van der Waals surface area contributed by atoms with Crippen LogP contribution in [-0.4, -0.2) is 12.6 Å². The number of hydrogen-bond donors (Lipinski definition) is 0. The Kier molecular flexibility index (Phi) is 4.55. The zero-order chi connectivity index (χ0) is 13.1. The van der Waals surface area contributed by atoms with Crippen LogP contribution in [-0.2, 0) is 9.53 Å². The highest BCUT2D eigenvalue weighted by Crippen LogP contribution is 2.43. The Morgan fingerprint density at radius 3 is 2.59 bits per heavy atom. The van der Waals surface area contributed by atoms with Crippen molar-refractivity contribution in [3.05, 3.63) is 23.8 Å². The highest BCUT2D eigenvalue weighted by molar-refractivity contribution is 5.37. The molecule has 0 fully saturated rings. The van der Waals surface area contributed by atoms with Crippen LogP contribution in [0.25, 0.3) is 0 Å². The molecule has 3 atom stereocenters. The van der Waals surface area contributed by atoms with Crippen molar-refractivity contribution < 1.29 is 9.53 Å². The molecule has 0 aromatic rings. The largest absolute Gasteiger partial charge is 0.464 e. The van der Waals surface area contributed by atoms with Crippen molar-refractivity contribution in [2.75, 3.05) is 0 Å². The highest BCUT2D eigenvalue weighted by Gasteiger charge is 2.33. The summed E-state index contributed by atoms with van der Waals surface area (Å²) in [5, 5.41) is 0. The van der Waals surface area contributed by atoms with Gasteiger partial charge in [0.15, 0.2) is 0 Å². The summed E-state index contributed by atoms with van der Waals surface area (Å²) in [5.41, 5.74) is 1.72. The molecular weight excluding hydrogens is 212 g/mol. The standard InChI is InChI=1S/C15H24O2/c1-11(13(3)17-10-16)6-8-14-9-7-12(2)15(14,4)5/h6-8,10-11,13-14H,9H2,1-5H3. The van der Waals surface area contributed by atoms with E-state index < -0.39 is 0 Å². The predicted octanol–water partition coefficient (Wildman–Crippen LogP) is 3.73. The molecule has 1 aliphatic carbocycles. The van der Waals surface area contributed by atoms with Crippen LogP contribution in [0.4, 0.5) is 0 Å². The molecule has 0 spiro atoms. The molecule has 0 saturated heterocycles. The smallest absolute Gasteiger partial charge is 0.293 e. The van der Waals surface area contributed by atoms with Crippen molar-refractivity contribution in [3.63, 3.8) is 0 Å². The van der Waals surface area contributed by atoms with Gasteiger partial charge in [0, 0.05) is 5.92 Å². The van der Waals surface area contributed by atoms with E-state index >= 15 is 0 Å². The molecule has 2 nitrogen and oxygen atoms in total. The molecule has 0 aliphatic heterocycles. The Hall–Kier alpha value is -1.05. The molecule has 0 bridgehead atoms. The molecule has 2 heteroatoms. The Morgan fingerprint density at radius 1 is 1.47 bits per heavy atom. The normalized spacial score (nSPS) is 26.6. The van der Waals surface area contributed by atoms with Gasteiger partial charge < -0.3 is 4.74 Å². The lowest BCUT2D eigenvalue weighted by Gasteiger charge is -2.27. The predicted molar refractivity (Wildman–Crippen MR) is 70.6 cm³/mol. The van der Waals surface area contributed by atoms with Crippen molar-refractivity contribution >= 4 is 6.47 Å². The maximum absolute atomic E-state index is 10.3. The van der Waals surface area contributed by atoms with E-state index in [9.17, 15) is 4.79 Å². The number of allylic oxidation sites excluding steroid dienone is 3. The molecule has 1 rings (SSSR count). The van der Waals surface area contributed by atoms with E-state index in [-0.39, 0.29) is 17.4 Å². The van der Waals surface area contributed by atoms with Crippen LogP contribution in [0.1, 0.15) is 41.0 Å². The first kappa shape index (κ1) is 14.0. The third kappa shape index (κ3) is 3.21. The van der Waals surface area contributed by atoms with Crippen molar-refractivity contribution in [1.29, 1.82) is 0 Å². The van der Waals surface area contributed by atoms with Crippen LogP contribution in [0.5, 0.6) is 0 Å². The summed E-state index contributed by atoms with van der Waals surface area (Å²) in [6.45, 7) is 11.3. The molecule has 0 amide bonds. The quantitative estimate of drug-likeness (QED) is 0.537. The van der Waals surface area contributed by atoms with Gasteiger partial charge in [0.05, 0.1) is 0 Å². The fourth-order valence-corrected chi connectivity index (χ4v) is 2.15. The van der Waals surface area contributed by atoms with E-state index in [1.54, 1.807) is 0 Å². The first-order chi connectivity index (χ1) is 7.89. The number of ether oxygens (including phenoxy) is 1. The maximum Gasteiger partial charge on any atom is 0.293 e. The molecule has 96 valence electrons. The van der Waals surface area contributed by atoms with Gasteiger partial charge in [-0.3, -0.25) is 4.79 Å². The fourth-order valence-electron chi connectivity index (χ4n) is 2.15. The van der Waals surface area contributed by atoms with E-state index in [0.717, 1.165) is 6.42 Å². The minimum absolute atomic E-state index is 0.0534. The summed E-state index contributed by atoms with van der Waals surface area (Å²) in [7, 11) is 0. The van der Waals surface area contributed by atoms with Crippen LogP contribution < -0.4 is 0 Å². The van der Waals surface area contributed by atoms with Gasteiger partial charge in [-0.15, -0.1) is 0 Å². The van der Waals surface area contributed by atoms with Crippen molar-refractivity contribution in [2.45, 2.75) is 47.1 Å². The van der Waals surface area contributed by atoms with Gasteiger partial charge in [-0.25, -0.2) is 0 Å². The molecule has 0 N–H and O–H groups in total. The summed E-state index contributed by atoms with van der Waals surface area (Å²) in [4.78, 5) is 10.3. The fraction of sp³-hybridized carbons (Fsp3) is 0.667. The molecule has 0 aromatic heterocycles. The zero-order valence-electron chi connectivity index (χ0n) is 11.6. The van der Waals surface area contributed by atoms with Gasteiger partial charge in [0.2, 0.25) is 0 Å². The van der Waals surface area contributed by atoms with E-state index in [2.05, 4.69) is 45.9 Å². The average Bonchev–Trinajstić information content (AvgIpc) is 2.51. The van der Waals surface area contributed by atoms with Crippen LogP contribution >= 0.6 is 0 Å². The van der Waals surface area contributed by atoms with Gasteiger partial charge >= 0.3 is 0 Å². The number of rotatable bonds is 5. The molecule has 0 saturated carbocycles. The van der Waals surface area contributed by atoms with E-state index in [4.69, 9.17) is 4.74 Å². The summed E-state index contributed by atoms with van der Waals surface area (Å²) in [6.07, 6.45) is 7.84. The van der Waals surface area contributed by atoms with Crippen molar-refractivity contribution in [3.8, 4) is 0 Å². The molecule has 0 radical (unpaired) electrons. The van der Waals surface area contributed by atoms with Gasteiger partial charge in [0.1, 0.15) is 6.10 Å². The van der Waals surface area contributed by atoms with Crippen LogP contribution in [0, 0.1) is 17.3 Å². The average molecular weight is 236 g/mol. The maximum atomic E-state index is 10.3. The van der Waals surface area contributed by atoms with Gasteiger partial charge in [-0.2, -0.15) is 0 Å². The molecule has 3 unspecified atom stereocenters. The molecule has 1 aliphatic rings. The lowest BCUT2D eigenvalue weighted by atomic mass is 9.77. The Morgan fingerprint density at radius 2 is 2.12 bits per heavy atom. The number of carbonyl (C=O) groups excluding carboxylic acids is 1. The first-order valence-electron chi connectivity index (χ1n) is 6.34. The van der Waals surface area contributed by atoms with Crippen molar-refractivity contribution in [2.24, 2.45) is 17.3 Å². The highest BCUT2D eigenvalue weighted by atomic mass is 16.5. The summed E-state index contributed by atoms with van der Waals surface area (Å²) < 4.78 is 4.95. The molecule has 17 heavy (non-hydrogen) atoms. The van der Waals surface area contributed by atoms with Gasteiger partial charge in [-0.05, 0) is 31.6 Å². The minimum atomic E-state index is -0.0534. The second-order valence-electron chi connectivity index (χ2n) is 5.63. The summed E-state index contributed by atoms with van der Waals surface area (Å²) in [6, 6.07) is 0. The van der Waals surface area contributed by atoms with E-state index in [1.807, 2.05) is 6.92 Å².